The van der Waals surface area contributed by atoms with Crippen LogP contribution in [-0.2, 0) is 6.18 Å². The van der Waals surface area contributed by atoms with Crippen LogP contribution in [-0.4, -0.2) is 5.78 Å². The Hall–Kier alpha value is -1.40. The molecule has 0 unspecified atom stereocenters. The molecule has 0 aliphatic carbocycles. The molecule has 0 bridgehead atoms. The molecule has 19 heavy (non-hydrogen) atoms. The van der Waals surface area contributed by atoms with E-state index in [-0.39, 0.29) is 10.4 Å². The minimum absolute atomic E-state index is 0.149. The first-order valence-electron chi connectivity index (χ1n) is 4.96. The van der Waals surface area contributed by atoms with Crippen LogP contribution in [0.4, 0.5) is 17.6 Å². The topological polar surface area (TPSA) is 17.1 Å². The summed E-state index contributed by atoms with van der Waals surface area (Å²) in [4.78, 5) is 12.1. The van der Waals surface area contributed by atoms with E-state index in [9.17, 15) is 22.4 Å². The number of ketones is 1. The summed E-state index contributed by atoms with van der Waals surface area (Å²) in [6, 6.07) is 5.00. The number of halogens is 5. The second-order valence-electron chi connectivity index (χ2n) is 3.63. The molecule has 1 aromatic heterocycles. The summed E-state index contributed by atoms with van der Waals surface area (Å²) in [6.45, 7) is 0. The van der Waals surface area contributed by atoms with Gasteiger partial charge < -0.3 is 0 Å². The second-order valence-corrected chi connectivity index (χ2v) is 5.34. The molecule has 0 saturated heterocycles. The fourth-order valence-electron chi connectivity index (χ4n) is 1.46. The largest absolute Gasteiger partial charge is 0.419 e. The summed E-state index contributed by atoms with van der Waals surface area (Å²) >= 11 is 6.63. The molecule has 2 aromatic rings. The van der Waals surface area contributed by atoms with E-state index in [1.165, 1.54) is 12.1 Å². The van der Waals surface area contributed by atoms with Crippen LogP contribution in [0.3, 0.4) is 0 Å². The maximum Gasteiger partial charge on any atom is 0.419 e. The van der Waals surface area contributed by atoms with Gasteiger partial charge in [0.25, 0.3) is 0 Å². The van der Waals surface area contributed by atoms with Crippen LogP contribution in [0.15, 0.2) is 30.3 Å². The van der Waals surface area contributed by atoms with Crippen LogP contribution in [0.5, 0.6) is 0 Å². The average molecular weight is 309 g/mol. The van der Waals surface area contributed by atoms with Crippen molar-refractivity contribution >= 4 is 28.7 Å². The van der Waals surface area contributed by atoms with Crippen molar-refractivity contribution in [1.82, 2.24) is 0 Å². The highest BCUT2D eigenvalue weighted by molar-refractivity contribution is 7.18. The molecular weight excluding hydrogens is 304 g/mol. The summed E-state index contributed by atoms with van der Waals surface area (Å²) in [5.74, 6) is -2.04. The van der Waals surface area contributed by atoms with Crippen LogP contribution in [0.2, 0.25) is 4.34 Å². The summed E-state index contributed by atoms with van der Waals surface area (Å²) in [5.41, 5.74) is -1.54. The lowest BCUT2D eigenvalue weighted by Gasteiger charge is -2.08. The molecule has 0 radical (unpaired) electrons. The first kappa shape index (κ1) is 14.0. The van der Waals surface area contributed by atoms with Crippen LogP contribution in [0, 0.1) is 5.82 Å². The van der Waals surface area contributed by atoms with E-state index >= 15 is 0 Å². The zero-order chi connectivity index (χ0) is 14.2. The molecule has 0 fully saturated rings. The fourth-order valence-corrected chi connectivity index (χ4v) is 2.47. The molecule has 0 N–H and O–H groups in total. The summed E-state index contributed by atoms with van der Waals surface area (Å²) < 4.78 is 50.8. The van der Waals surface area contributed by atoms with E-state index in [0.717, 1.165) is 17.4 Å². The number of carbonyl (C=O) groups excluding carboxylic acids is 1. The van der Waals surface area contributed by atoms with E-state index in [1.807, 2.05) is 0 Å². The van der Waals surface area contributed by atoms with Gasteiger partial charge in [0, 0.05) is 5.56 Å². The Balaban J connectivity index is 2.38. The number of carbonyl (C=O) groups is 1. The molecular formula is C12H5ClF4OS. The van der Waals surface area contributed by atoms with E-state index in [4.69, 9.17) is 11.6 Å². The van der Waals surface area contributed by atoms with Crippen molar-refractivity contribution in [1.29, 1.82) is 0 Å². The molecule has 0 saturated carbocycles. The van der Waals surface area contributed by atoms with Crippen molar-refractivity contribution in [3.63, 3.8) is 0 Å². The summed E-state index contributed by atoms with van der Waals surface area (Å²) in [7, 11) is 0. The van der Waals surface area contributed by atoms with E-state index < -0.39 is 23.3 Å². The standard InChI is InChI=1S/C12H5ClF4OS/c13-10-4-3-9(19-10)11(18)6-1-2-7(8(14)5-6)12(15,16)17/h1-5H. The number of rotatable bonds is 2. The lowest BCUT2D eigenvalue weighted by Crippen LogP contribution is -2.09. The Kier molecular flexibility index (Phi) is 3.64. The Morgan fingerprint density at radius 3 is 2.32 bits per heavy atom. The number of benzene rings is 1. The van der Waals surface area contributed by atoms with Crippen molar-refractivity contribution in [3.8, 4) is 0 Å². The highest BCUT2D eigenvalue weighted by Crippen LogP contribution is 2.32. The third kappa shape index (κ3) is 2.96. The van der Waals surface area contributed by atoms with E-state index in [0.29, 0.717) is 16.5 Å². The third-order valence-corrected chi connectivity index (χ3v) is 3.56. The van der Waals surface area contributed by atoms with Crippen molar-refractivity contribution in [2.24, 2.45) is 0 Å². The van der Waals surface area contributed by atoms with Crippen LogP contribution < -0.4 is 0 Å². The summed E-state index contributed by atoms with van der Waals surface area (Å²) in [5, 5.41) is 0. The molecule has 2 rings (SSSR count). The lowest BCUT2D eigenvalue weighted by atomic mass is 10.1. The van der Waals surface area contributed by atoms with Crippen LogP contribution >= 0.6 is 22.9 Å². The number of hydrogen-bond donors (Lipinski definition) is 0. The predicted molar refractivity (Wildman–Crippen MR) is 64.2 cm³/mol. The monoisotopic (exact) mass is 308 g/mol. The molecule has 0 aliphatic heterocycles. The van der Waals surface area contributed by atoms with Crippen molar-refractivity contribution in [2.75, 3.05) is 0 Å². The van der Waals surface area contributed by atoms with E-state index in [2.05, 4.69) is 0 Å². The molecule has 0 amide bonds. The van der Waals surface area contributed by atoms with Gasteiger partial charge in [0.2, 0.25) is 5.78 Å². The Morgan fingerprint density at radius 2 is 1.84 bits per heavy atom. The Labute approximate surface area is 114 Å². The van der Waals surface area contributed by atoms with Gasteiger partial charge in [0.05, 0.1) is 14.8 Å². The molecule has 1 aromatic carbocycles. The first-order chi connectivity index (χ1) is 8.79. The van der Waals surface area contributed by atoms with Crippen molar-refractivity contribution < 1.29 is 22.4 Å². The quantitative estimate of drug-likeness (QED) is 0.576. The van der Waals surface area contributed by atoms with Crippen molar-refractivity contribution in [2.45, 2.75) is 6.18 Å². The second kappa shape index (κ2) is 4.94. The van der Waals surface area contributed by atoms with Gasteiger partial charge in [0.1, 0.15) is 5.82 Å². The summed E-state index contributed by atoms with van der Waals surface area (Å²) in [6.07, 6.45) is -4.78. The van der Waals surface area contributed by atoms with Gasteiger partial charge in [-0.2, -0.15) is 13.2 Å². The molecule has 0 spiro atoms. The highest BCUT2D eigenvalue weighted by atomic mass is 35.5. The minimum Gasteiger partial charge on any atom is -0.288 e. The van der Waals surface area contributed by atoms with Gasteiger partial charge in [-0.05, 0) is 24.3 Å². The van der Waals surface area contributed by atoms with Crippen LogP contribution in [0.1, 0.15) is 20.8 Å². The van der Waals surface area contributed by atoms with Crippen LogP contribution in [0.25, 0.3) is 0 Å². The number of thiophene rings is 1. The predicted octanol–water partition coefficient (Wildman–Crippen LogP) is 4.79. The normalized spacial score (nSPS) is 11.6. The van der Waals surface area contributed by atoms with Gasteiger partial charge in [-0.15, -0.1) is 11.3 Å². The van der Waals surface area contributed by atoms with Gasteiger partial charge in [-0.25, -0.2) is 4.39 Å². The maximum atomic E-state index is 13.3. The van der Waals surface area contributed by atoms with E-state index in [1.54, 1.807) is 0 Å². The zero-order valence-corrected chi connectivity index (χ0v) is 10.7. The minimum atomic E-state index is -4.78. The average Bonchev–Trinajstić information content (AvgIpc) is 2.73. The lowest BCUT2D eigenvalue weighted by molar-refractivity contribution is -0.140. The number of alkyl halides is 3. The number of hydrogen-bond acceptors (Lipinski definition) is 2. The molecule has 1 heterocycles. The smallest absolute Gasteiger partial charge is 0.288 e. The zero-order valence-electron chi connectivity index (χ0n) is 9.09. The van der Waals surface area contributed by atoms with Gasteiger partial charge >= 0.3 is 6.18 Å². The Morgan fingerprint density at radius 1 is 1.16 bits per heavy atom. The van der Waals surface area contributed by atoms with Gasteiger partial charge in [0.15, 0.2) is 0 Å². The highest BCUT2D eigenvalue weighted by Gasteiger charge is 2.34. The SMILES string of the molecule is O=C(c1ccc(C(F)(F)F)c(F)c1)c1ccc(Cl)s1. The molecule has 7 heteroatoms. The molecule has 0 aliphatic rings. The van der Waals surface area contributed by atoms with Gasteiger partial charge in [-0.1, -0.05) is 17.7 Å². The van der Waals surface area contributed by atoms with Crippen molar-refractivity contribution in [3.05, 3.63) is 56.5 Å². The fraction of sp³-hybridized carbons (Fsp3) is 0.0833. The maximum absolute atomic E-state index is 13.3. The molecule has 100 valence electrons. The third-order valence-electron chi connectivity index (χ3n) is 2.33. The van der Waals surface area contributed by atoms with Gasteiger partial charge in [-0.3, -0.25) is 4.79 Å². The Bertz CT molecular complexity index is 633. The molecule has 0 atom stereocenters. The first-order valence-corrected chi connectivity index (χ1v) is 6.15. The molecule has 1 nitrogen and oxygen atoms in total.